The molecule has 2 rings (SSSR count). The lowest BCUT2D eigenvalue weighted by molar-refractivity contribution is 0.689. The van der Waals surface area contributed by atoms with Crippen LogP contribution in [0.25, 0.3) is 0 Å². The van der Waals surface area contributed by atoms with E-state index in [0.717, 1.165) is 4.88 Å². The van der Waals surface area contributed by atoms with Crippen molar-refractivity contribution in [3.63, 3.8) is 0 Å². The zero-order chi connectivity index (χ0) is 9.10. The first-order chi connectivity index (χ1) is 6.38. The van der Waals surface area contributed by atoms with Crippen LogP contribution in [0.15, 0.2) is 18.0 Å². The lowest BCUT2D eigenvalue weighted by Gasteiger charge is -1.93. The van der Waals surface area contributed by atoms with Crippen LogP contribution in [0.4, 0.5) is 0 Å². The molecule has 0 atom stereocenters. The Morgan fingerprint density at radius 1 is 1.62 bits per heavy atom. The van der Waals surface area contributed by atoms with Crippen LogP contribution in [-0.2, 0) is 6.54 Å². The van der Waals surface area contributed by atoms with Crippen molar-refractivity contribution < 1.29 is 0 Å². The van der Waals surface area contributed by atoms with Gasteiger partial charge in [0, 0.05) is 11.1 Å². The summed E-state index contributed by atoms with van der Waals surface area (Å²) in [5.74, 6) is 0.199. The molecule has 0 radical (unpaired) electrons. The van der Waals surface area contributed by atoms with Gasteiger partial charge in [-0.2, -0.15) is 5.26 Å². The Balaban J connectivity index is 2.15. The van der Waals surface area contributed by atoms with Crippen LogP contribution in [0, 0.1) is 11.3 Å². The van der Waals surface area contributed by atoms with Crippen LogP contribution in [0.2, 0.25) is 0 Å². The number of hydrogen-bond acceptors (Lipinski definition) is 5. The van der Waals surface area contributed by atoms with Crippen molar-refractivity contribution in [3.8, 4) is 6.07 Å². The number of rotatable bonds is 2. The summed E-state index contributed by atoms with van der Waals surface area (Å²) in [5, 5.41) is 12.4. The van der Waals surface area contributed by atoms with Crippen molar-refractivity contribution in [2.75, 3.05) is 0 Å². The third-order valence-corrected chi connectivity index (χ3v) is 2.20. The zero-order valence-corrected chi connectivity index (χ0v) is 7.40. The van der Waals surface area contributed by atoms with Crippen LogP contribution >= 0.6 is 11.3 Å². The molecule has 0 aliphatic carbocycles. The minimum Gasteiger partial charge on any atom is -0.253 e. The Kier molecular flexibility index (Phi) is 2.02. The van der Waals surface area contributed by atoms with Gasteiger partial charge < -0.3 is 0 Å². The lowest BCUT2D eigenvalue weighted by atomic mass is 10.5. The predicted octanol–water partition coefficient (Wildman–Crippen LogP) is 0.655. The van der Waals surface area contributed by atoms with Crippen molar-refractivity contribution in [1.82, 2.24) is 19.7 Å². The molecule has 2 aromatic rings. The average Bonchev–Trinajstić information content (AvgIpc) is 2.76. The van der Waals surface area contributed by atoms with E-state index in [2.05, 4.69) is 15.1 Å². The predicted molar refractivity (Wildman–Crippen MR) is 46.0 cm³/mol. The van der Waals surface area contributed by atoms with Crippen molar-refractivity contribution in [1.29, 1.82) is 5.26 Å². The van der Waals surface area contributed by atoms with Gasteiger partial charge in [-0.25, -0.2) is 9.67 Å². The second-order valence-electron chi connectivity index (χ2n) is 2.35. The molecule has 0 saturated heterocycles. The molecule has 0 N–H and O–H groups in total. The number of thiazole rings is 1. The molecule has 6 heteroatoms. The van der Waals surface area contributed by atoms with E-state index in [-0.39, 0.29) is 5.82 Å². The number of hydrogen-bond donors (Lipinski definition) is 0. The van der Waals surface area contributed by atoms with Gasteiger partial charge >= 0.3 is 0 Å². The smallest absolute Gasteiger partial charge is 0.252 e. The maximum atomic E-state index is 8.48. The first-order valence-corrected chi connectivity index (χ1v) is 4.43. The van der Waals surface area contributed by atoms with Gasteiger partial charge in [-0.3, -0.25) is 4.98 Å². The second-order valence-corrected chi connectivity index (χ2v) is 3.32. The third kappa shape index (κ3) is 1.71. The van der Waals surface area contributed by atoms with E-state index in [1.807, 2.05) is 6.07 Å². The highest BCUT2D eigenvalue weighted by Crippen LogP contribution is 2.06. The number of nitriles is 1. The average molecular weight is 191 g/mol. The molecule has 0 fully saturated rings. The van der Waals surface area contributed by atoms with Gasteiger partial charge in [0.1, 0.15) is 12.4 Å². The highest BCUT2D eigenvalue weighted by molar-refractivity contribution is 7.09. The largest absolute Gasteiger partial charge is 0.253 e. The first-order valence-electron chi connectivity index (χ1n) is 3.55. The number of aromatic nitrogens is 4. The van der Waals surface area contributed by atoms with Crippen molar-refractivity contribution in [2.45, 2.75) is 6.54 Å². The van der Waals surface area contributed by atoms with E-state index in [1.54, 1.807) is 27.7 Å². The van der Waals surface area contributed by atoms with Gasteiger partial charge in [-0.15, -0.1) is 16.4 Å². The molecule has 0 saturated carbocycles. The molecule has 64 valence electrons. The fourth-order valence-corrected chi connectivity index (χ4v) is 1.49. The molecule has 0 aliphatic heterocycles. The highest BCUT2D eigenvalue weighted by atomic mass is 32.1. The van der Waals surface area contributed by atoms with Crippen LogP contribution in [-0.4, -0.2) is 19.7 Å². The first kappa shape index (κ1) is 7.89. The van der Waals surface area contributed by atoms with E-state index in [9.17, 15) is 0 Å². The maximum absolute atomic E-state index is 8.48. The molecule has 0 aliphatic rings. The molecule has 5 nitrogen and oxygen atoms in total. The van der Waals surface area contributed by atoms with Gasteiger partial charge in [-0.05, 0) is 0 Å². The standard InChI is InChI=1S/C7H5N5S/c8-1-7-10-4-12(11-7)3-6-2-9-5-13-6/h2,4-5H,3H2. The van der Waals surface area contributed by atoms with Gasteiger partial charge in [0.15, 0.2) is 0 Å². The van der Waals surface area contributed by atoms with Crippen LogP contribution in [0.1, 0.15) is 10.7 Å². The molecule has 2 heterocycles. The molecule has 0 spiro atoms. The molecule has 2 aromatic heterocycles. The fraction of sp³-hybridized carbons (Fsp3) is 0.143. The van der Waals surface area contributed by atoms with Gasteiger partial charge in [0.05, 0.1) is 12.1 Å². The van der Waals surface area contributed by atoms with Gasteiger partial charge in [-0.1, -0.05) is 0 Å². The van der Waals surface area contributed by atoms with Crippen LogP contribution in [0.5, 0.6) is 0 Å². The molecule has 0 bridgehead atoms. The minimum atomic E-state index is 0.199. The van der Waals surface area contributed by atoms with E-state index in [4.69, 9.17) is 5.26 Å². The monoisotopic (exact) mass is 191 g/mol. The molecular weight excluding hydrogens is 186 g/mol. The Hall–Kier alpha value is -1.74. The van der Waals surface area contributed by atoms with Crippen LogP contribution < -0.4 is 0 Å². The van der Waals surface area contributed by atoms with Gasteiger partial charge in [0.25, 0.3) is 5.82 Å². The summed E-state index contributed by atoms with van der Waals surface area (Å²) in [6, 6.07) is 1.87. The Bertz CT molecular complexity index is 424. The fourth-order valence-electron chi connectivity index (χ4n) is 0.902. The minimum absolute atomic E-state index is 0.199. The summed E-state index contributed by atoms with van der Waals surface area (Å²) in [7, 11) is 0. The van der Waals surface area contributed by atoms with Crippen molar-refractivity contribution in [3.05, 3.63) is 28.7 Å². The van der Waals surface area contributed by atoms with Gasteiger partial charge in [0.2, 0.25) is 0 Å². The van der Waals surface area contributed by atoms with E-state index in [0.29, 0.717) is 6.54 Å². The van der Waals surface area contributed by atoms with E-state index < -0.39 is 0 Å². The molecule has 0 aromatic carbocycles. The summed E-state index contributed by atoms with van der Waals surface area (Å²) in [5.41, 5.74) is 1.76. The summed E-state index contributed by atoms with van der Waals surface area (Å²) < 4.78 is 1.62. The topological polar surface area (TPSA) is 67.4 Å². The summed E-state index contributed by atoms with van der Waals surface area (Å²) in [4.78, 5) is 8.82. The second kappa shape index (κ2) is 3.33. The highest BCUT2D eigenvalue weighted by Gasteiger charge is 2.00. The molecular formula is C7H5N5S. The van der Waals surface area contributed by atoms with Crippen LogP contribution in [0.3, 0.4) is 0 Å². The maximum Gasteiger partial charge on any atom is 0.252 e. The lowest BCUT2D eigenvalue weighted by Crippen LogP contribution is -1.98. The summed E-state index contributed by atoms with van der Waals surface area (Å²) >= 11 is 1.55. The molecule has 13 heavy (non-hydrogen) atoms. The van der Waals surface area contributed by atoms with Crippen molar-refractivity contribution in [2.24, 2.45) is 0 Å². The van der Waals surface area contributed by atoms with E-state index >= 15 is 0 Å². The normalized spacial score (nSPS) is 9.77. The SMILES string of the molecule is N#Cc1ncn(Cc2cncs2)n1. The zero-order valence-electron chi connectivity index (χ0n) is 6.58. The summed E-state index contributed by atoms with van der Waals surface area (Å²) in [6.45, 7) is 0.624. The molecule has 0 unspecified atom stereocenters. The van der Waals surface area contributed by atoms with Crippen molar-refractivity contribution >= 4 is 11.3 Å². The van der Waals surface area contributed by atoms with E-state index in [1.165, 1.54) is 6.33 Å². The third-order valence-electron chi connectivity index (χ3n) is 1.44. The Labute approximate surface area is 78.3 Å². The summed E-state index contributed by atoms with van der Waals surface area (Å²) in [6.07, 6.45) is 3.32. The quantitative estimate of drug-likeness (QED) is 0.699. The Morgan fingerprint density at radius 3 is 3.15 bits per heavy atom. The Morgan fingerprint density at radius 2 is 2.54 bits per heavy atom. The number of nitrogens with zero attached hydrogens (tertiary/aromatic N) is 5. The molecule has 0 amide bonds.